The van der Waals surface area contributed by atoms with E-state index >= 15 is 0 Å². The predicted octanol–water partition coefficient (Wildman–Crippen LogP) is 3.85. The largest absolute Gasteiger partial charge is 0.338 e. The van der Waals surface area contributed by atoms with Crippen molar-refractivity contribution in [1.29, 1.82) is 0 Å². The summed E-state index contributed by atoms with van der Waals surface area (Å²) in [5, 5.41) is 5.90. The Bertz CT molecular complexity index is 696. The third-order valence-electron chi connectivity index (χ3n) is 6.70. The molecule has 6 nitrogen and oxygen atoms in total. The first-order chi connectivity index (χ1) is 13.7. The van der Waals surface area contributed by atoms with Crippen molar-refractivity contribution in [3.8, 4) is 0 Å². The highest BCUT2D eigenvalue weighted by Crippen LogP contribution is 2.36. The molecule has 3 amide bonds. The van der Waals surface area contributed by atoms with Gasteiger partial charge in [-0.15, -0.1) is 11.3 Å². The van der Waals surface area contributed by atoms with E-state index in [1.165, 1.54) is 25.7 Å². The quantitative estimate of drug-likeness (QED) is 0.832. The first-order valence-corrected chi connectivity index (χ1v) is 11.8. The number of likely N-dealkylation sites (tertiary alicyclic amines) is 2. The summed E-state index contributed by atoms with van der Waals surface area (Å²) in [7, 11) is 0. The fraction of sp³-hybridized carbons (Fsp3) is 0.762. The van der Waals surface area contributed by atoms with Crippen molar-refractivity contribution in [2.45, 2.75) is 70.3 Å². The first-order valence-electron chi connectivity index (χ1n) is 11.0. The Kier molecular flexibility index (Phi) is 6.19. The van der Waals surface area contributed by atoms with Crippen molar-refractivity contribution < 1.29 is 9.59 Å². The number of thiazole rings is 1. The molecule has 2 saturated heterocycles. The molecule has 3 heterocycles. The maximum atomic E-state index is 13.2. The van der Waals surface area contributed by atoms with Crippen molar-refractivity contribution in [2.75, 3.05) is 26.2 Å². The number of carbonyl (C=O) groups excluding carboxylic acids is 2. The molecular weight excluding hydrogens is 372 g/mol. The summed E-state index contributed by atoms with van der Waals surface area (Å²) in [6.07, 6.45) is 9.26. The Balaban J connectivity index is 1.38. The van der Waals surface area contributed by atoms with Gasteiger partial charge in [-0.05, 0) is 51.4 Å². The van der Waals surface area contributed by atoms with E-state index < -0.39 is 0 Å². The summed E-state index contributed by atoms with van der Waals surface area (Å²) < 4.78 is 0. The van der Waals surface area contributed by atoms with E-state index in [1.54, 1.807) is 11.3 Å². The van der Waals surface area contributed by atoms with E-state index in [4.69, 9.17) is 4.98 Å². The van der Waals surface area contributed by atoms with Crippen molar-refractivity contribution in [3.63, 3.8) is 0 Å². The lowest BCUT2D eigenvalue weighted by molar-refractivity contribution is 0.0386. The molecule has 3 fully saturated rings. The van der Waals surface area contributed by atoms with Gasteiger partial charge in [0.05, 0.1) is 5.01 Å². The summed E-state index contributed by atoms with van der Waals surface area (Å²) in [5.41, 5.74) is 0.636. The van der Waals surface area contributed by atoms with E-state index in [9.17, 15) is 9.59 Å². The molecule has 2 unspecified atom stereocenters. The lowest BCUT2D eigenvalue weighted by Gasteiger charge is -2.43. The number of nitrogens with zero attached hydrogens (tertiary/aromatic N) is 3. The molecule has 2 aliphatic heterocycles. The number of nitrogens with one attached hydrogen (secondary N) is 1. The maximum absolute atomic E-state index is 13.2. The van der Waals surface area contributed by atoms with Crippen LogP contribution in [0.4, 0.5) is 4.79 Å². The Morgan fingerprint density at radius 3 is 2.64 bits per heavy atom. The SMILES string of the molecule is CCNC(=O)N1CCC(c2nc(C(=O)N3CCCC4CCCCC43)cs2)CC1. The fourth-order valence-corrected chi connectivity index (χ4v) is 6.16. The van der Waals surface area contributed by atoms with Gasteiger partial charge in [0.15, 0.2) is 0 Å². The molecule has 1 saturated carbocycles. The van der Waals surface area contributed by atoms with Gasteiger partial charge in [-0.1, -0.05) is 12.8 Å². The molecule has 3 aliphatic rings. The van der Waals surface area contributed by atoms with Crippen LogP contribution < -0.4 is 5.32 Å². The van der Waals surface area contributed by atoms with Crippen LogP contribution >= 0.6 is 11.3 Å². The normalized spacial score (nSPS) is 26.0. The zero-order valence-corrected chi connectivity index (χ0v) is 17.7. The molecule has 0 aromatic carbocycles. The van der Waals surface area contributed by atoms with Crippen molar-refractivity contribution in [1.82, 2.24) is 20.1 Å². The topological polar surface area (TPSA) is 65.5 Å². The van der Waals surface area contributed by atoms with Gasteiger partial charge < -0.3 is 15.1 Å². The summed E-state index contributed by atoms with van der Waals surface area (Å²) in [5.74, 6) is 1.20. The van der Waals surface area contributed by atoms with Crippen molar-refractivity contribution >= 4 is 23.3 Å². The van der Waals surface area contributed by atoms with Crippen LogP contribution in [0.15, 0.2) is 5.38 Å². The Labute approximate surface area is 171 Å². The van der Waals surface area contributed by atoms with Gasteiger partial charge in [0, 0.05) is 43.5 Å². The van der Waals surface area contributed by atoms with E-state index in [-0.39, 0.29) is 11.9 Å². The third kappa shape index (κ3) is 4.04. The first kappa shape index (κ1) is 19.7. The van der Waals surface area contributed by atoms with E-state index in [0.717, 1.165) is 50.3 Å². The minimum absolute atomic E-state index is 0.0306. The molecule has 1 aromatic heterocycles. The molecule has 0 radical (unpaired) electrons. The number of hydrogen-bond acceptors (Lipinski definition) is 4. The molecule has 7 heteroatoms. The van der Waals surface area contributed by atoms with Crippen LogP contribution in [0.25, 0.3) is 0 Å². The monoisotopic (exact) mass is 404 g/mol. The number of rotatable bonds is 3. The van der Waals surface area contributed by atoms with Crippen LogP contribution in [-0.4, -0.2) is 58.9 Å². The Morgan fingerprint density at radius 2 is 1.86 bits per heavy atom. The standard InChI is InChI=1S/C21H32N4O2S/c1-2-22-21(27)24-12-9-16(10-13-24)19-23-17(14-28-19)20(26)25-11-5-7-15-6-3-4-8-18(15)25/h14-16,18H,2-13H2,1H3,(H,22,27). The van der Waals surface area contributed by atoms with Gasteiger partial charge in [0.25, 0.3) is 5.91 Å². The summed E-state index contributed by atoms with van der Waals surface area (Å²) in [6, 6.07) is 0.462. The van der Waals surface area contributed by atoms with Gasteiger partial charge in [0.1, 0.15) is 5.69 Å². The molecule has 0 bridgehead atoms. The van der Waals surface area contributed by atoms with E-state index in [2.05, 4.69) is 10.2 Å². The minimum atomic E-state index is 0.0306. The summed E-state index contributed by atoms with van der Waals surface area (Å²) in [6.45, 7) is 5.01. The Hall–Kier alpha value is -1.63. The highest BCUT2D eigenvalue weighted by atomic mass is 32.1. The molecule has 28 heavy (non-hydrogen) atoms. The number of aromatic nitrogens is 1. The average Bonchev–Trinajstić information content (AvgIpc) is 3.23. The summed E-state index contributed by atoms with van der Waals surface area (Å²) >= 11 is 1.62. The average molecular weight is 405 g/mol. The number of carbonyl (C=O) groups is 2. The lowest BCUT2D eigenvalue weighted by atomic mass is 9.78. The molecule has 0 spiro atoms. The minimum Gasteiger partial charge on any atom is -0.338 e. The number of amides is 3. The van der Waals surface area contributed by atoms with Gasteiger partial charge in [-0.3, -0.25) is 4.79 Å². The van der Waals surface area contributed by atoms with Gasteiger partial charge in [0.2, 0.25) is 0 Å². The highest BCUT2D eigenvalue weighted by molar-refractivity contribution is 7.09. The molecule has 1 aliphatic carbocycles. The van der Waals surface area contributed by atoms with Crippen LogP contribution in [0.1, 0.15) is 79.7 Å². The Morgan fingerprint density at radius 1 is 1.11 bits per heavy atom. The molecule has 1 N–H and O–H groups in total. The van der Waals surface area contributed by atoms with Crippen molar-refractivity contribution in [2.24, 2.45) is 5.92 Å². The van der Waals surface area contributed by atoms with Crippen LogP contribution in [0.2, 0.25) is 0 Å². The van der Waals surface area contributed by atoms with E-state index in [1.807, 2.05) is 17.2 Å². The zero-order valence-electron chi connectivity index (χ0n) is 16.9. The number of piperidine rings is 2. The molecular formula is C21H32N4O2S. The van der Waals surface area contributed by atoms with Crippen LogP contribution in [0.5, 0.6) is 0 Å². The second-order valence-corrected chi connectivity index (χ2v) is 9.31. The predicted molar refractivity (Wildman–Crippen MR) is 111 cm³/mol. The molecule has 4 rings (SSSR count). The molecule has 154 valence electrons. The highest BCUT2D eigenvalue weighted by Gasteiger charge is 2.37. The van der Waals surface area contributed by atoms with Gasteiger partial charge in [-0.25, -0.2) is 9.78 Å². The second-order valence-electron chi connectivity index (χ2n) is 8.42. The molecule has 1 aromatic rings. The van der Waals surface area contributed by atoms with Crippen LogP contribution in [0, 0.1) is 5.92 Å². The van der Waals surface area contributed by atoms with E-state index in [0.29, 0.717) is 30.1 Å². The van der Waals surface area contributed by atoms with Crippen LogP contribution in [0.3, 0.4) is 0 Å². The number of fused-ring (bicyclic) bond motifs is 1. The van der Waals surface area contributed by atoms with Crippen molar-refractivity contribution in [3.05, 3.63) is 16.1 Å². The van der Waals surface area contributed by atoms with Gasteiger partial charge >= 0.3 is 6.03 Å². The lowest BCUT2D eigenvalue weighted by Crippen LogP contribution is -2.49. The molecule has 2 atom stereocenters. The smallest absolute Gasteiger partial charge is 0.317 e. The zero-order chi connectivity index (χ0) is 19.5. The maximum Gasteiger partial charge on any atom is 0.317 e. The van der Waals surface area contributed by atoms with Gasteiger partial charge in [-0.2, -0.15) is 0 Å². The number of hydrogen-bond donors (Lipinski definition) is 1. The fourth-order valence-electron chi connectivity index (χ4n) is 5.19. The second kappa shape index (κ2) is 8.80. The van der Waals surface area contributed by atoms with Crippen LogP contribution in [-0.2, 0) is 0 Å². The third-order valence-corrected chi connectivity index (χ3v) is 7.71. The summed E-state index contributed by atoms with van der Waals surface area (Å²) in [4.78, 5) is 33.9. The number of urea groups is 1.